The molecular formula is C14H15ClN4O. The maximum Gasteiger partial charge on any atom is 0.226 e. The number of nitrogens with two attached hydrogens (primary N) is 1. The molecular weight excluding hydrogens is 276 g/mol. The second-order valence-corrected chi connectivity index (χ2v) is 5.85. The Morgan fingerprint density at radius 1 is 1.60 bits per heavy atom. The van der Waals surface area contributed by atoms with E-state index >= 15 is 0 Å². The zero-order valence-electron chi connectivity index (χ0n) is 11.0. The number of aliphatic hydroxyl groups excluding tert-OH is 1. The monoisotopic (exact) mass is 290 g/mol. The number of anilines is 1. The maximum absolute atomic E-state index is 10.2. The van der Waals surface area contributed by atoms with Crippen molar-refractivity contribution in [1.29, 1.82) is 0 Å². The SMILES string of the molecule is C#C[C@@]1(C)C[C@H](n2ccc3c(N)nc(Cl)nc32)C[C@H]1O. The Hall–Kier alpha value is -1.77. The number of aliphatic hydroxyl groups is 1. The Morgan fingerprint density at radius 3 is 3.00 bits per heavy atom. The molecule has 0 unspecified atom stereocenters. The van der Waals surface area contributed by atoms with Crippen LogP contribution in [0, 0.1) is 17.8 Å². The van der Waals surface area contributed by atoms with Crippen LogP contribution in [0.3, 0.4) is 0 Å². The fourth-order valence-electron chi connectivity index (χ4n) is 2.92. The van der Waals surface area contributed by atoms with Crippen molar-refractivity contribution < 1.29 is 5.11 Å². The fraction of sp³-hybridized carbons (Fsp3) is 0.429. The number of terminal acetylenes is 1. The van der Waals surface area contributed by atoms with Gasteiger partial charge in [-0.3, -0.25) is 0 Å². The van der Waals surface area contributed by atoms with Gasteiger partial charge in [-0.15, -0.1) is 6.42 Å². The number of fused-ring (bicyclic) bond motifs is 1. The van der Waals surface area contributed by atoms with Crippen molar-refractivity contribution in [2.24, 2.45) is 5.41 Å². The van der Waals surface area contributed by atoms with E-state index in [1.165, 1.54) is 0 Å². The summed E-state index contributed by atoms with van der Waals surface area (Å²) >= 11 is 5.87. The first kappa shape index (κ1) is 13.2. The molecule has 6 heteroatoms. The number of rotatable bonds is 1. The number of hydrogen-bond donors (Lipinski definition) is 2. The van der Waals surface area contributed by atoms with Crippen molar-refractivity contribution in [3.05, 3.63) is 17.5 Å². The predicted molar refractivity (Wildman–Crippen MR) is 78.2 cm³/mol. The molecule has 1 aliphatic carbocycles. The van der Waals surface area contributed by atoms with Crippen molar-refractivity contribution >= 4 is 28.5 Å². The van der Waals surface area contributed by atoms with E-state index in [0.29, 0.717) is 24.3 Å². The summed E-state index contributed by atoms with van der Waals surface area (Å²) in [6.07, 6.45) is 8.20. The standard InChI is InChI=1S/C14H15ClN4O/c1-3-14(2)7-8(6-10(14)20)19-5-4-9-11(16)17-13(15)18-12(9)19/h1,4-5,8,10,20H,6-7H2,2H3,(H2,16,17,18)/t8-,10-,14+/m1/s1. The van der Waals surface area contributed by atoms with Gasteiger partial charge < -0.3 is 15.4 Å². The molecule has 0 aliphatic heterocycles. The molecule has 2 aromatic rings. The predicted octanol–water partition coefficient (Wildman–Crippen LogP) is 2.00. The molecule has 3 N–H and O–H groups in total. The van der Waals surface area contributed by atoms with E-state index in [1.807, 2.05) is 23.8 Å². The van der Waals surface area contributed by atoms with E-state index in [0.717, 1.165) is 5.39 Å². The minimum atomic E-state index is -0.524. The first-order valence-corrected chi connectivity index (χ1v) is 6.78. The van der Waals surface area contributed by atoms with E-state index in [4.69, 9.17) is 23.8 Å². The fourth-order valence-corrected chi connectivity index (χ4v) is 3.09. The Balaban J connectivity index is 2.07. The molecule has 20 heavy (non-hydrogen) atoms. The van der Waals surface area contributed by atoms with Gasteiger partial charge >= 0.3 is 0 Å². The van der Waals surface area contributed by atoms with E-state index < -0.39 is 11.5 Å². The zero-order valence-corrected chi connectivity index (χ0v) is 11.8. The summed E-state index contributed by atoms with van der Waals surface area (Å²) in [6, 6.07) is 1.94. The van der Waals surface area contributed by atoms with Crippen LogP contribution in [0.25, 0.3) is 11.0 Å². The molecule has 0 aromatic carbocycles. The van der Waals surface area contributed by atoms with Crippen LogP contribution in [0.15, 0.2) is 12.3 Å². The summed E-state index contributed by atoms with van der Waals surface area (Å²) in [6.45, 7) is 1.90. The van der Waals surface area contributed by atoms with Crippen LogP contribution in [0.4, 0.5) is 5.82 Å². The third-order valence-electron chi connectivity index (χ3n) is 4.19. The molecule has 5 nitrogen and oxygen atoms in total. The van der Waals surface area contributed by atoms with Gasteiger partial charge in [0.25, 0.3) is 0 Å². The average Bonchev–Trinajstić information content (AvgIpc) is 2.92. The highest BCUT2D eigenvalue weighted by Gasteiger charge is 2.42. The first-order valence-electron chi connectivity index (χ1n) is 6.40. The Kier molecular flexibility index (Phi) is 2.89. The third-order valence-corrected chi connectivity index (χ3v) is 4.36. The largest absolute Gasteiger partial charge is 0.391 e. The van der Waals surface area contributed by atoms with Crippen molar-refractivity contribution in [2.45, 2.75) is 31.9 Å². The van der Waals surface area contributed by atoms with Crippen LogP contribution in [0.5, 0.6) is 0 Å². The Morgan fingerprint density at radius 2 is 2.35 bits per heavy atom. The topological polar surface area (TPSA) is 77.0 Å². The van der Waals surface area contributed by atoms with Gasteiger partial charge in [0.1, 0.15) is 11.5 Å². The minimum Gasteiger partial charge on any atom is -0.391 e. The van der Waals surface area contributed by atoms with Crippen molar-refractivity contribution in [3.8, 4) is 12.3 Å². The van der Waals surface area contributed by atoms with E-state index in [9.17, 15) is 5.11 Å². The van der Waals surface area contributed by atoms with Crippen molar-refractivity contribution in [3.63, 3.8) is 0 Å². The minimum absolute atomic E-state index is 0.0777. The van der Waals surface area contributed by atoms with E-state index in [-0.39, 0.29) is 11.3 Å². The van der Waals surface area contributed by atoms with Crippen LogP contribution >= 0.6 is 11.6 Å². The second kappa shape index (κ2) is 4.37. The highest BCUT2D eigenvalue weighted by atomic mass is 35.5. The number of aromatic nitrogens is 3. The molecule has 2 aromatic heterocycles. The highest BCUT2D eigenvalue weighted by Crippen LogP contribution is 2.44. The summed E-state index contributed by atoms with van der Waals surface area (Å²) in [5.41, 5.74) is 6.02. The lowest BCUT2D eigenvalue weighted by Gasteiger charge is -2.20. The van der Waals surface area contributed by atoms with E-state index in [2.05, 4.69) is 15.9 Å². The Labute approximate surface area is 121 Å². The highest BCUT2D eigenvalue weighted by molar-refractivity contribution is 6.28. The number of nitrogens with zero attached hydrogens (tertiary/aromatic N) is 3. The quantitative estimate of drug-likeness (QED) is 0.622. The van der Waals surface area contributed by atoms with Crippen LogP contribution in [0.1, 0.15) is 25.8 Å². The molecule has 1 fully saturated rings. The van der Waals surface area contributed by atoms with Gasteiger partial charge in [-0.1, -0.05) is 5.92 Å². The number of nitrogen functional groups attached to an aromatic ring is 1. The number of hydrogen-bond acceptors (Lipinski definition) is 4. The molecule has 0 bridgehead atoms. The van der Waals surface area contributed by atoms with Gasteiger partial charge in [-0.2, -0.15) is 4.98 Å². The summed E-state index contributed by atoms with van der Waals surface area (Å²) in [4.78, 5) is 8.18. The summed E-state index contributed by atoms with van der Waals surface area (Å²) in [7, 11) is 0. The van der Waals surface area contributed by atoms with Crippen LogP contribution in [-0.4, -0.2) is 25.7 Å². The lowest BCUT2D eigenvalue weighted by atomic mass is 9.88. The van der Waals surface area contributed by atoms with Gasteiger partial charge in [-0.05, 0) is 37.4 Å². The third kappa shape index (κ3) is 1.84. The molecule has 1 saturated carbocycles. The number of halogens is 1. The van der Waals surface area contributed by atoms with Gasteiger partial charge in [0.05, 0.1) is 16.9 Å². The molecule has 1 aliphatic rings. The summed E-state index contributed by atoms with van der Waals surface area (Å²) < 4.78 is 1.98. The molecule has 0 amide bonds. The molecule has 104 valence electrons. The molecule has 0 radical (unpaired) electrons. The molecule has 3 atom stereocenters. The summed E-state index contributed by atoms with van der Waals surface area (Å²) in [5.74, 6) is 3.06. The maximum atomic E-state index is 10.2. The second-order valence-electron chi connectivity index (χ2n) is 5.51. The lowest BCUT2D eigenvalue weighted by Crippen LogP contribution is -2.23. The molecule has 0 saturated heterocycles. The van der Waals surface area contributed by atoms with Crippen LogP contribution in [-0.2, 0) is 0 Å². The molecule has 0 spiro atoms. The smallest absolute Gasteiger partial charge is 0.226 e. The van der Waals surface area contributed by atoms with E-state index in [1.54, 1.807) is 0 Å². The first-order chi connectivity index (χ1) is 9.44. The zero-order chi connectivity index (χ0) is 14.5. The van der Waals surface area contributed by atoms with Gasteiger partial charge in [0.2, 0.25) is 5.28 Å². The Bertz CT molecular complexity index is 720. The summed E-state index contributed by atoms with van der Waals surface area (Å²) in [5, 5.41) is 11.0. The average molecular weight is 291 g/mol. The van der Waals surface area contributed by atoms with Crippen molar-refractivity contribution in [2.75, 3.05) is 5.73 Å². The van der Waals surface area contributed by atoms with Crippen LogP contribution in [0.2, 0.25) is 5.28 Å². The van der Waals surface area contributed by atoms with Gasteiger partial charge in [-0.25, -0.2) is 4.98 Å². The normalized spacial score (nSPS) is 29.7. The van der Waals surface area contributed by atoms with Gasteiger partial charge in [0, 0.05) is 12.2 Å². The molecule has 3 rings (SSSR count). The van der Waals surface area contributed by atoms with Crippen LogP contribution < -0.4 is 5.73 Å². The van der Waals surface area contributed by atoms with Gasteiger partial charge in [0.15, 0.2) is 0 Å². The van der Waals surface area contributed by atoms with Crippen molar-refractivity contribution in [1.82, 2.24) is 14.5 Å². The molecule has 2 heterocycles. The lowest BCUT2D eigenvalue weighted by molar-refractivity contribution is 0.104.